The van der Waals surface area contributed by atoms with E-state index in [4.69, 9.17) is 0 Å². The molecule has 0 unspecified atom stereocenters. The minimum absolute atomic E-state index is 0.0745. The van der Waals surface area contributed by atoms with Crippen LogP contribution in [0.25, 0.3) is 0 Å². The zero-order valence-corrected chi connectivity index (χ0v) is 10.9. The lowest BCUT2D eigenvalue weighted by atomic mass is 10.3. The van der Waals surface area contributed by atoms with E-state index < -0.39 is 0 Å². The molecule has 2 aromatic heterocycles. The maximum Gasteiger partial charge on any atom is 0.250 e. The molecule has 0 aromatic carbocycles. The van der Waals surface area contributed by atoms with E-state index in [1.54, 1.807) is 41.6 Å². The van der Waals surface area contributed by atoms with Gasteiger partial charge in [0.1, 0.15) is 6.54 Å². The lowest BCUT2D eigenvalue weighted by Crippen LogP contribution is -2.33. The minimum atomic E-state index is -0.158. The van der Waals surface area contributed by atoms with E-state index in [0.717, 1.165) is 5.56 Å². The number of aromatic nitrogens is 1. The summed E-state index contributed by atoms with van der Waals surface area (Å²) in [7, 11) is 1.74. The van der Waals surface area contributed by atoms with E-state index in [2.05, 4.69) is 0 Å². The first-order valence-corrected chi connectivity index (χ1v) is 6.51. The van der Waals surface area contributed by atoms with Crippen LogP contribution in [0.2, 0.25) is 0 Å². The van der Waals surface area contributed by atoms with Crippen molar-refractivity contribution in [3.63, 3.8) is 0 Å². The van der Waals surface area contributed by atoms with Crippen LogP contribution in [0, 0.1) is 0 Å². The van der Waals surface area contributed by atoms with E-state index >= 15 is 0 Å². The van der Waals surface area contributed by atoms with Crippen molar-refractivity contribution in [2.45, 2.75) is 13.1 Å². The highest BCUT2D eigenvalue weighted by atomic mass is 32.1. The highest BCUT2D eigenvalue weighted by Crippen LogP contribution is 2.08. The second kappa shape index (κ2) is 5.64. The highest BCUT2D eigenvalue weighted by molar-refractivity contribution is 7.07. The number of rotatable bonds is 4. The maximum absolute atomic E-state index is 12.0. The fourth-order valence-electron chi connectivity index (χ4n) is 1.60. The van der Waals surface area contributed by atoms with Gasteiger partial charge in [-0.05, 0) is 28.5 Å². The van der Waals surface area contributed by atoms with Crippen LogP contribution < -0.4 is 5.56 Å². The van der Waals surface area contributed by atoms with Crippen molar-refractivity contribution < 1.29 is 4.79 Å². The van der Waals surface area contributed by atoms with Crippen molar-refractivity contribution in [1.29, 1.82) is 0 Å². The molecule has 2 heterocycles. The summed E-state index contributed by atoms with van der Waals surface area (Å²) in [5.41, 5.74) is 0.950. The highest BCUT2D eigenvalue weighted by Gasteiger charge is 2.10. The summed E-state index contributed by atoms with van der Waals surface area (Å²) in [5.74, 6) is -0.0745. The Morgan fingerprint density at radius 2 is 2.22 bits per heavy atom. The van der Waals surface area contributed by atoms with E-state index in [0.29, 0.717) is 6.54 Å². The van der Waals surface area contributed by atoms with Crippen molar-refractivity contribution in [2.24, 2.45) is 0 Å². The monoisotopic (exact) mass is 262 g/mol. The number of likely N-dealkylation sites (N-methyl/N-ethyl adjacent to an activating group) is 1. The molecule has 0 atom stereocenters. The van der Waals surface area contributed by atoms with Gasteiger partial charge in [0.05, 0.1) is 0 Å². The summed E-state index contributed by atoms with van der Waals surface area (Å²) in [6, 6.07) is 6.85. The van der Waals surface area contributed by atoms with Crippen LogP contribution in [0.3, 0.4) is 0 Å². The Morgan fingerprint density at radius 3 is 2.89 bits per heavy atom. The molecule has 0 aliphatic carbocycles. The molecule has 4 nitrogen and oxygen atoms in total. The quantitative estimate of drug-likeness (QED) is 0.839. The standard InChI is InChI=1S/C13H14N2O2S/c1-14(8-11-5-7-18-10-11)13(17)9-15-6-3-2-4-12(15)16/h2-7,10H,8-9H2,1H3. The molecule has 0 saturated carbocycles. The van der Waals surface area contributed by atoms with E-state index in [1.807, 2.05) is 16.8 Å². The Balaban J connectivity index is 2.00. The summed E-state index contributed by atoms with van der Waals surface area (Å²) in [4.78, 5) is 25.1. The van der Waals surface area contributed by atoms with E-state index in [9.17, 15) is 9.59 Å². The molecule has 0 aliphatic heterocycles. The molecule has 1 amide bonds. The van der Waals surface area contributed by atoms with Crippen molar-refractivity contribution in [2.75, 3.05) is 7.05 Å². The van der Waals surface area contributed by atoms with Gasteiger partial charge in [0.15, 0.2) is 0 Å². The van der Waals surface area contributed by atoms with Gasteiger partial charge in [0, 0.05) is 25.9 Å². The fraction of sp³-hybridized carbons (Fsp3) is 0.231. The van der Waals surface area contributed by atoms with Crippen LogP contribution in [0.1, 0.15) is 5.56 Å². The Kier molecular flexibility index (Phi) is 3.94. The number of carbonyl (C=O) groups is 1. The molecule has 2 rings (SSSR count). The number of pyridine rings is 1. The number of hydrogen-bond acceptors (Lipinski definition) is 3. The van der Waals surface area contributed by atoms with Crippen LogP contribution in [0.4, 0.5) is 0 Å². The average molecular weight is 262 g/mol. The summed E-state index contributed by atoms with van der Waals surface area (Å²) < 4.78 is 1.41. The molecule has 18 heavy (non-hydrogen) atoms. The molecule has 0 N–H and O–H groups in total. The normalized spacial score (nSPS) is 10.3. The molecule has 2 aromatic rings. The van der Waals surface area contributed by atoms with Crippen LogP contribution >= 0.6 is 11.3 Å². The zero-order chi connectivity index (χ0) is 13.0. The van der Waals surface area contributed by atoms with Gasteiger partial charge in [0.25, 0.3) is 5.56 Å². The van der Waals surface area contributed by atoms with Gasteiger partial charge in [-0.15, -0.1) is 0 Å². The van der Waals surface area contributed by atoms with E-state index in [-0.39, 0.29) is 18.0 Å². The summed E-state index contributed by atoms with van der Waals surface area (Å²) in [5, 5.41) is 3.99. The van der Waals surface area contributed by atoms with Crippen LogP contribution in [-0.2, 0) is 17.9 Å². The molecular formula is C13H14N2O2S. The van der Waals surface area contributed by atoms with E-state index in [1.165, 1.54) is 10.6 Å². The number of carbonyl (C=O) groups excluding carboxylic acids is 1. The van der Waals surface area contributed by atoms with Gasteiger partial charge in [0.2, 0.25) is 5.91 Å². The smallest absolute Gasteiger partial charge is 0.250 e. The molecule has 5 heteroatoms. The van der Waals surface area contributed by atoms with Gasteiger partial charge < -0.3 is 9.47 Å². The molecule has 0 aliphatic rings. The minimum Gasteiger partial charge on any atom is -0.340 e. The number of nitrogens with zero attached hydrogens (tertiary/aromatic N) is 2. The number of amides is 1. The molecule has 0 bridgehead atoms. The van der Waals surface area contributed by atoms with Crippen molar-refractivity contribution in [3.8, 4) is 0 Å². The predicted octanol–water partition coefficient (Wildman–Crippen LogP) is 1.57. The zero-order valence-electron chi connectivity index (χ0n) is 10.1. The number of hydrogen-bond donors (Lipinski definition) is 0. The fourth-order valence-corrected chi connectivity index (χ4v) is 2.26. The molecule has 0 radical (unpaired) electrons. The first kappa shape index (κ1) is 12.6. The first-order chi connectivity index (χ1) is 8.66. The third kappa shape index (κ3) is 3.07. The van der Waals surface area contributed by atoms with Gasteiger partial charge in [-0.1, -0.05) is 6.07 Å². The Hall–Kier alpha value is -1.88. The van der Waals surface area contributed by atoms with Gasteiger partial charge in [-0.25, -0.2) is 0 Å². The molecule has 0 saturated heterocycles. The second-order valence-electron chi connectivity index (χ2n) is 4.05. The molecular weight excluding hydrogens is 248 g/mol. The first-order valence-electron chi connectivity index (χ1n) is 5.57. The van der Waals surface area contributed by atoms with Crippen LogP contribution in [-0.4, -0.2) is 22.4 Å². The lowest BCUT2D eigenvalue weighted by molar-refractivity contribution is -0.131. The van der Waals surface area contributed by atoms with Gasteiger partial charge in [-0.3, -0.25) is 9.59 Å². The van der Waals surface area contributed by atoms with Crippen molar-refractivity contribution in [3.05, 3.63) is 57.1 Å². The largest absolute Gasteiger partial charge is 0.340 e. The lowest BCUT2D eigenvalue weighted by Gasteiger charge is -2.17. The predicted molar refractivity (Wildman–Crippen MR) is 71.5 cm³/mol. The average Bonchev–Trinajstić information content (AvgIpc) is 2.84. The third-order valence-corrected chi connectivity index (χ3v) is 3.36. The Labute approximate surface area is 109 Å². The summed E-state index contributed by atoms with van der Waals surface area (Å²) in [6.45, 7) is 0.657. The van der Waals surface area contributed by atoms with Crippen molar-refractivity contribution in [1.82, 2.24) is 9.47 Å². The Bertz CT molecular complexity index is 575. The topological polar surface area (TPSA) is 42.3 Å². The van der Waals surface area contributed by atoms with Crippen LogP contribution in [0.5, 0.6) is 0 Å². The van der Waals surface area contributed by atoms with Gasteiger partial charge in [-0.2, -0.15) is 11.3 Å². The van der Waals surface area contributed by atoms with Crippen LogP contribution in [0.15, 0.2) is 46.0 Å². The molecule has 0 spiro atoms. The van der Waals surface area contributed by atoms with Gasteiger partial charge >= 0.3 is 0 Å². The summed E-state index contributed by atoms with van der Waals surface area (Å²) in [6.07, 6.45) is 1.62. The Morgan fingerprint density at radius 1 is 1.39 bits per heavy atom. The third-order valence-electron chi connectivity index (χ3n) is 2.63. The second-order valence-corrected chi connectivity index (χ2v) is 4.83. The number of thiophene rings is 1. The van der Waals surface area contributed by atoms with Crippen molar-refractivity contribution >= 4 is 17.2 Å². The SMILES string of the molecule is CN(Cc1ccsc1)C(=O)Cn1ccccc1=O. The summed E-state index contributed by atoms with van der Waals surface area (Å²) >= 11 is 1.61. The maximum atomic E-state index is 12.0. The molecule has 94 valence electrons. The molecule has 0 fully saturated rings.